The molecule has 1 amide bonds. The van der Waals surface area contributed by atoms with Crippen LogP contribution in [0.3, 0.4) is 0 Å². The molecule has 0 fully saturated rings. The lowest BCUT2D eigenvalue weighted by Gasteiger charge is -2.23. The van der Waals surface area contributed by atoms with Gasteiger partial charge >= 0.3 is 6.18 Å². The van der Waals surface area contributed by atoms with E-state index in [9.17, 15) is 18.0 Å². The van der Waals surface area contributed by atoms with Gasteiger partial charge in [-0.05, 0) is 18.6 Å². The van der Waals surface area contributed by atoms with E-state index in [2.05, 4.69) is 4.98 Å². The highest BCUT2D eigenvalue weighted by atomic mass is 19.4. The lowest BCUT2D eigenvalue weighted by molar-refractivity contribution is -0.140. The number of carbonyl (C=O) groups is 1. The number of hydrogen-bond acceptors (Lipinski definition) is 3. The molecule has 1 rings (SSSR count). The van der Waals surface area contributed by atoms with E-state index >= 15 is 0 Å². The van der Waals surface area contributed by atoms with E-state index in [0.717, 1.165) is 4.90 Å². The van der Waals surface area contributed by atoms with Gasteiger partial charge in [0, 0.05) is 12.7 Å². The molecule has 0 aliphatic heterocycles. The van der Waals surface area contributed by atoms with Crippen molar-refractivity contribution in [2.75, 3.05) is 18.8 Å². The highest BCUT2D eigenvalue weighted by molar-refractivity contribution is 5.94. The van der Waals surface area contributed by atoms with Crippen molar-refractivity contribution in [3.8, 4) is 0 Å². The SMILES string of the molecule is CCCN(CC(F)(F)F)C(=O)c1ccc(N)nc1. The minimum Gasteiger partial charge on any atom is -0.384 e. The van der Waals surface area contributed by atoms with E-state index in [4.69, 9.17) is 5.73 Å². The first-order chi connectivity index (χ1) is 8.33. The second-order valence-electron chi connectivity index (χ2n) is 3.81. The van der Waals surface area contributed by atoms with Crippen LogP contribution in [0.1, 0.15) is 23.7 Å². The van der Waals surface area contributed by atoms with Crippen LogP contribution < -0.4 is 5.73 Å². The van der Waals surface area contributed by atoms with Crippen LogP contribution >= 0.6 is 0 Å². The van der Waals surface area contributed by atoms with E-state index in [-0.39, 0.29) is 17.9 Å². The molecule has 0 spiro atoms. The summed E-state index contributed by atoms with van der Waals surface area (Å²) in [6, 6.07) is 2.74. The third-order valence-corrected chi connectivity index (χ3v) is 2.18. The number of anilines is 1. The van der Waals surface area contributed by atoms with Crippen LogP contribution in [-0.4, -0.2) is 35.1 Å². The lowest BCUT2D eigenvalue weighted by atomic mass is 10.2. The summed E-state index contributed by atoms with van der Waals surface area (Å²) in [6.07, 6.45) is -2.78. The average Bonchev–Trinajstić information content (AvgIpc) is 2.27. The fraction of sp³-hybridized carbons (Fsp3) is 0.455. The van der Waals surface area contributed by atoms with Crippen LogP contribution in [0, 0.1) is 0 Å². The van der Waals surface area contributed by atoms with E-state index in [1.54, 1.807) is 6.92 Å². The molecule has 0 unspecified atom stereocenters. The molecule has 4 nitrogen and oxygen atoms in total. The summed E-state index contributed by atoms with van der Waals surface area (Å²) in [4.78, 5) is 16.3. The van der Waals surface area contributed by atoms with Crippen molar-refractivity contribution in [2.24, 2.45) is 0 Å². The molecule has 0 saturated heterocycles. The first-order valence-corrected chi connectivity index (χ1v) is 5.41. The van der Waals surface area contributed by atoms with Gasteiger partial charge in [-0.15, -0.1) is 0 Å². The van der Waals surface area contributed by atoms with E-state index < -0.39 is 18.6 Å². The van der Waals surface area contributed by atoms with E-state index in [1.165, 1.54) is 18.3 Å². The van der Waals surface area contributed by atoms with Crippen LogP contribution in [0.25, 0.3) is 0 Å². The van der Waals surface area contributed by atoms with Crippen molar-refractivity contribution < 1.29 is 18.0 Å². The number of halogens is 3. The minimum absolute atomic E-state index is 0.0444. The Morgan fingerprint density at radius 3 is 2.56 bits per heavy atom. The number of nitrogens with two attached hydrogens (primary N) is 1. The Morgan fingerprint density at radius 1 is 1.44 bits per heavy atom. The first kappa shape index (κ1) is 14.3. The van der Waals surface area contributed by atoms with Crippen LogP contribution in [0.15, 0.2) is 18.3 Å². The third-order valence-electron chi connectivity index (χ3n) is 2.18. The Balaban J connectivity index is 2.85. The Bertz CT molecular complexity index is 403. The van der Waals surface area contributed by atoms with Gasteiger partial charge in [-0.3, -0.25) is 4.79 Å². The maximum Gasteiger partial charge on any atom is 0.406 e. The number of hydrogen-bond donors (Lipinski definition) is 1. The summed E-state index contributed by atoms with van der Waals surface area (Å²) < 4.78 is 37.0. The first-order valence-electron chi connectivity index (χ1n) is 5.41. The third kappa shape index (κ3) is 4.23. The molecule has 1 aromatic rings. The molecule has 0 aliphatic rings. The summed E-state index contributed by atoms with van der Waals surface area (Å²) in [5, 5.41) is 0. The van der Waals surface area contributed by atoms with Crippen molar-refractivity contribution in [1.29, 1.82) is 0 Å². The van der Waals surface area contributed by atoms with Crippen LogP contribution in [0.5, 0.6) is 0 Å². The van der Waals surface area contributed by atoms with Gasteiger partial charge < -0.3 is 10.6 Å². The van der Waals surface area contributed by atoms with Crippen molar-refractivity contribution >= 4 is 11.7 Å². The fourth-order valence-electron chi connectivity index (χ4n) is 1.45. The standard InChI is InChI=1S/C11H14F3N3O/c1-2-5-17(7-11(12,13)14)10(18)8-3-4-9(15)16-6-8/h3-4,6H,2,5,7H2,1H3,(H2,15,16). The molecule has 2 N–H and O–H groups in total. The zero-order valence-corrected chi connectivity index (χ0v) is 9.87. The van der Waals surface area contributed by atoms with Crippen LogP contribution in [0.4, 0.5) is 19.0 Å². The Morgan fingerprint density at radius 2 is 2.11 bits per heavy atom. The maximum absolute atomic E-state index is 12.3. The predicted octanol–water partition coefficient (Wildman–Crippen LogP) is 2.08. The number of rotatable bonds is 4. The number of nitrogens with zero attached hydrogens (tertiary/aromatic N) is 2. The number of aromatic nitrogens is 1. The molecule has 100 valence electrons. The summed E-state index contributed by atoms with van der Waals surface area (Å²) in [6.45, 7) is 0.491. The number of alkyl halides is 3. The largest absolute Gasteiger partial charge is 0.406 e. The topological polar surface area (TPSA) is 59.2 Å². The second kappa shape index (κ2) is 5.70. The summed E-state index contributed by atoms with van der Waals surface area (Å²) in [7, 11) is 0. The lowest BCUT2D eigenvalue weighted by Crippen LogP contribution is -2.39. The summed E-state index contributed by atoms with van der Waals surface area (Å²) in [5.74, 6) is -0.480. The average molecular weight is 261 g/mol. The van der Waals surface area contributed by atoms with E-state index in [1.807, 2.05) is 0 Å². The van der Waals surface area contributed by atoms with Gasteiger partial charge in [-0.25, -0.2) is 4.98 Å². The van der Waals surface area contributed by atoms with Gasteiger partial charge in [0.05, 0.1) is 5.56 Å². The zero-order chi connectivity index (χ0) is 13.8. The van der Waals surface area contributed by atoms with E-state index in [0.29, 0.717) is 6.42 Å². The molecule has 0 aromatic carbocycles. The molecule has 0 bridgehead atoms. The highest BCUT2D eigenvalue weighted by Crippen LogP contribution is 2.18. The summed E-state index contributed by atoms with van der Waals surface area (Å²) in [5.41, 5.74) is 5.45. The Hall–Kier alpha value is -1.79. The number of amides is 1. The zero-order valence-electron chi connectivity index (χ0n) is 9.87. The molecular weight excluding hydrogens is 247 g/mol. The van der Waals surface area contributed by atoms with Crippen molar-refractivity contribution in [3.63, 3.8) is 0 Å². The molecule has 0 aliphatic carbocycles. The number of pyridine rings is 1. The van der Waals surface area contributed by atoms with Crippen LogP contribution in [0.2, 0.25) is 0 Å². The molecule has 1 aromatic heterocycles. The van der Waals surface area contributed by atoms with Gasteiger partial charge in [0.15, 0.2) is 0 Å². The molecule has 7 heteroatoms. The van der Waals surface area contributed by atoms with Gasteiger partial charge in [-0.1, -0.05) is 6.92 Å². The highest BCUT2D eigenvalue weighted by Gasteiger charge is 2.33. The van der Waals surface area contributed by atoms with Gasteiger partial charge in [0.2, 0.25) is 0 Å². The molecular formula is C11H14F3N3O. The normalized spacial score (nSPS) is 11.3. The minimum atomic E-state index is -4.41. The quantitative estimate of drug-likeness (QED) is 0.902. The fourth-order valence-corrected chi connectivity index (χ4v) is 1.45. The second-order valence-corrected chi connectivity index (χ2v) is 3.81. The molecule has 0 saturated carbocycles. The Labute approximate surface area is 103 Å². The van der Waals surface area contributed by atoms with Gasteiger partial charge in [0.25, 0.3) is 5.91 Å². The summed E-state index contributed by atoms with van der Waals surface area (Å²) >= 11 is 0. The monoisotopic (exact) mass is 261 g/mol. The molecule has 18 heavy (non-hydrogen) atoms. The van der Waals surface area contributed by atoms with Crippen molar-refractivity contribution in [1.82, 2.24) is 9.88 Å². The van der Waals surface area contributed by atoms with Gasteiger partial charge in [0.1, 0.15) is 12.4 Å². The Kier molecular flexibility index (Phi) is 4.52. The van der Waals surface area contributed by atoms with Gasteiger partial charge in [-0.2, -0.15) is 13.2 Å². The molecule has 0 radical (unpaired) electrons. The smallest absolute Gasteiger partial charge is 0.384 e. The number of carbonyl (C=O) groups excluding carboxylic acids is 1. The van der Waals surface area contributed by atoms with Crippen LogP contribution in [-0.2, 0) is 0 Å². The maximum atomic E-state index is 12.3. The predicted molar refractivity (Wildman–Crippen MR) is 60.9 cm³/mol. The molecule has 0 atom stereocenters. The number of nitrogen functional groups attached to an aromatic ring is 1. The van der Waals surface area contributed by atoms with Crippen molar-refractivity contribution in [3.05, 3.63) is 23.9 Å². The van der Waals surface area contributed by atoms with Crippen molar-refractivity contribution in [2.45, 2.75) is 19.5 Å². The molecule has 1 heterocycles.